The number of anilines is 1. The quantitative estimate of drug-likeness (QED) is 0.821. The highest BCUT2D eigenvalue weighted by Gasteiger charge is 2.09. The van der Waals surface area contributed by atoms with Crippen molar-refractivity contribution in [2.24, 2.45) is 0 Å². The van der Waals surface area contributed by atoms with Crippen molar-refractivity contribution in [1.82, 2.24) is 0 Å². The molecule has 0 radical (unpaired) electrons. The monoisotopic (exact) mass is 315 g/mol. The summed E-state index contributed by atoms with van der Waals surface area (Å²) in [5.41, 5.74) is 6.18. The van der Waals surface area contributed by atoms with E-state index in [4.69, 9.17) is 22.1 Å². The first-order valence-corrected chi connectivity index (χ1v) is 5.92. The van der Waals surface area contributed by atoms with Gasteiger partial charge in [0.15, 0.2) is 5.75 Å². The molecule has 0 spiro atoms. The van der Waals surface area contributed by atoms with Gasteiger partial charge in [-0.25, -0.2) is 4.39 Å². The number of hydrogen-bond donors (Lipinski definition) is 1. The van der Waals surface area contributed by atoms with Crippen LogP contribution in [0.1, 0.15) is 0 Å². The third-order valence-electron chi connectivity index (χ3n) is 2.10. The molecule has 0 amide bonds. The van der Waals surface area contributed by atoms with E-state index in [1.54, 1.807) is 18.2 Å². The lowest BCUT2D eigenvalue weighted by atomic mass is 10.3. The van der Waals surface area contributed by atoms with Gasteiger partial charge in [-0.15, -0.1) is 0 Å². The van der Waals surface area contributed by atoms with E-state index < -0.39 is 0 Å². The van der Waals surface area contributed by atoms with Crippen LogP contribution in [-0.2, 0) is 0 Å². The van der Waals surface area contributed by atoms with E-state index in [0.29, 0.717) is 26.7 Å². The van der Waals surface area contributed by atoms with Crippen molar-refractivity contribution in [1.29, 1.82) is 0 Å². The summed E-state index contributed by atoms with van der Waals surface area (Å²) in [6.07, 6.45) is 0. The van der Waals surface area contributed by atoms with Crippen LogP contribution in [0.2, 0.25) is 5.02 Å². The number of benzene rings is 2. The van der Waals surface area contributed by atoms with Gasteiger partial charge >= 0.3 is 0 Å². The van der Waals surface area contributed by atoms with Crippen molar-refractivity contribution in [2.75, 3.05) is 5.73 Å². The normalized spacial score (nSPS) is 10.3. The summed E-state index contributed by atoms with van der Waals surface area (Å²) in [6.45, 7) is 0. The van der Waals surface area contributed by atoms with Gasteiger partial charge in [0.1, 0.15) is 11.6 Å². The fourth-order valence-corrected chi connectivity index (χ4v) is 1.95. The van der Waals surface area contributed by atoms with Crippen LogP contribution in [0.25, 0.3) is 0 Å². The number of halogens is 3. The Bertz CT molecular complexity index is 542. The van der Waals surface area contributed by atoms with Crippen molar-refractivity contribution >= 4 is 33.2 Å². The van der Waals surface area contributed by atoms with Gasteiger partial charge in [0, 0.05) is 0 Å². The van der Waals surface area contributed by atoms with Crippen molar-refractivity contribution in [3.8, 4) is 11.5 Å². The van der Waals surface area contributed by atoms with E-state index in [9.17, 15) is 4.39 Å². The van der Waals surface area contributed by atoms with Gasteiger partial charge < -0.3 is 10.5 Å². The second kappa shape index (κ2) is 4.94. The van der Waals surface area contributed by atoms with E-state index in [0.717, 1.165) is 0 Å². The first-order chi connectivity index (χ1) is 8.08. The molecule has 0 aliphatic rings. The predicted octanol–water partition coefficient (Wildman–Crippen LogP) is 4.62. The van der Waals surface area contributed by atoms with Crippen molar-refractivity contribution in [3.63, 3.8) is 0 Å². The molecule has 0 saturated carbocycles. The van der Waals surface area contributed by atoms with Crippen LogP contribution in [0.4, 0.5) is 10.1 Å². The molecule has 5 heteroatoms. The Kier molecular flexibility index (Phi) is 3.54. The molecule has 88 valence electrons. The van der Waals surface area contributed by atoms with Crippen LogP contribution in [0.15, 0.2) is 40.9 Å². The minimum absolute atomic E-state index is 0.351. The Morgan fingerprint density at radius 2 is 2.00 bits per heavy atom. The number of rotatable bonds is 2. The number of para-hydroxylation sites is 1. The SMILES string of the molecule is Nc1cccc(Cl)c1Oc1ccc(F)cc1Br. The smallest absolute Gasteiger partial charge is 0.168 e. The van der Waals surface area contributed by atoms with Crippen LogP contribution < -0.4 is 10.5 Å². The molecule has 0 bridgehead atoms. The molecular formula is C12H8BrClFNO. The summed E-state index contributed by atoms with van der Waals surface area (Å²) in [5.74, 6) is 0.462. The fraction of sp³-hybridized carbons (Fsp3) is 0. The van der Waals surface area contributed by atoms with Crippen LogP contribution in [0.5, 0.6) is 11.5 Å². The Morgan fingerprint density at radius 1 is 1.24 bits per heavy atom. The molecule has 17 heavy (non-hydrogen) atoms. The largest absolute Gasteiger partial charge is 0.452 e. The first kappa shape index (κ1) is 12.2. The fourth-order valence-electron chi connectivity index (χ4n) is 1.30. The topological polar surface area (TPSA) is 35.2 Å². The van der Waals surface area contributed by atoms with Crippen LogP contribution in [0.3, 0.4) is 0 Å². The van der Waals surface area contributed by atoms with Gasteiger partial charge in [-0.2, -0.15) is 0 Å². The van der Waals surface area contributed by atoms with E-state index >= 15 is 0 Å². The predicted molar refractivity (Wildman–Crippen MR) is 70.0 cm³/mol. The average molecular weight is 317 g/mol. The van der Waals surface area contributed by atoms with Crippen molar-refractivity contribution in [2.45, 2.75) is 0 Å². The molecule has 0 saturated heterocycles. The second-order valence-corrected chi connectivity index (χ2v) is 4.60. The summed E-state index contributed by atoms with van der Waals surface area (Å²) in [4.78, 5) is 0. The number of ether oxygens (including phenoxy) is 1. The molecule has 2 aromatic rings. The highest BCUT2D eigenvalue weighted by Crippen LogP contribution is 2.37. The molecule has 2 rings (SSSR count). The zero-order valence-electron chi connectivity index (χ0n) is 8.58. The third-order valence-corrected chi connectivity index (χ3v) is 3.02. The van der Waals surface area contributed by atoms with Crippen molar-refractivity contribution in [3.05, 3.63) is 51.7 Å². The van der Waals surface area contributed by atoms with Gasteiger partial charge in [-0.1, -0.05) is 17.7 Å². The summed E-state index contributed by atoms with van der Waals surface area (Å²) in [5, 5.41) is 0.404. The number of hydrogen-bond acceptors (Lipinski definition) is 2. The first-order valence-electron chi connectivity index (χ1n) is 4.75. The third kappa shape index (κ3) is 2.70. The Labute approximate surface area is 111 Å². The number of nitrogen functional groups attached to an aromatic ring is 1. The maximum atomic E-state index is 12.9. The summed E-state index contributed by atoms with van der Waals surface area (Å²) >= 11 is 9.17. The van der Waals surface area contributed by atoms with E-state index in [1.807, 2.05) is 0 Å². The average Bonchev–Trinajstić information content (AvgIpc) is 2.26. The summed E-state index contributed by atoms with van der Waals surface area (Å²) in [7, 11) is 0. The van der Waals surface area contributed by atoms with Gasteiger partial charge in [-0.3, -0.25) is 0 Å². The Hall–Kier alpha value is -1.26. The van der Waals surface area contributed by atoms with Crippen LogP contribution >= 0.6 is 27.5 Å². The molecular weight excluding hydrogens is 308 g/mol. The maximum Gasteiger partial charge on any atom is 0.168 e. The van der Waals surface area contributed by atoms with Gasteiger partial charge in [-0.05, 0) is 46.3 Å². The molecule has 0 unspecified atom stereocenters. The van der Waals surface area contributed by atoms with Gasteiger partial charge in [0.2, 0.25) is 0 Å². The minimum atomic E-state index is -0.351. The molecule has 0 atom stereocenters. The summed E-state index contributed by atoms with van der Waals surface area (Å²) in [6, 6.07) is 9.19. The van der Waals surface area contributed by atoms with E-state index in [1.165, 1.54) is 18.2 Å². The standard InChI is InChI=1S/C12H8BrClFNO/c13-8-6-7(15)4-5-11(8)17-12-9(14)2-1-3-10(12)16/h1-6H,16H2. The van der Waals surface area contributed by atoms with Crippen LogP contribution in [-0.4, -0.2) is 0 Å². The Morgan fingerprint density at radius 3 is 2.65 bits per heavy atom. The molecule has 2 N–H and O–H groups in total. The van der Waals surface area contributed by atoms with Gasteiger partial charge in [0.25, 0.3) is 0 Å². The zero-order chi connectivity index (χ0) is 12.4. The highest BCUT2D eigenvalue weighted by molar-refractivity contribution is 9.10. The van der Waals surface area contributed by atoms with Crippen molar-refractivity contribution < 1.29 is 9.13 Å². The summed E-state index contributed by atoms with van der Waals surface area (Å²) < 4.78 is 19.0. The molecule has 2 aromatic carbocycles. The van der Waals surface area contributed by atoms with Gasteiger partial charge in [0.05, 0.1) is 15.2 Å². The minimum Gasteiger partial charge on any atom is -0.452 e. The second-order valence-electron chi connectivity index (χ2n) is 3.33. The zero-order valence-corrected chi connectivity index (χ0v) is 10.9. The molecule has 0 aliphatic heterocycles. The van der Waals surface area contributed by atoms with E-state index in [-0.39, 0.29) is 5.82 Å². The lowest BCUT2D eigenvalue weighted by Crippen LogP contribution is -1.93. The molecule has 0 aromatic heterocycles. The Balaban J connectivity index is 2.38. The lowest BCUT2D eigenvalue weighted by molar-refractivity contribution is 0.480. The lowest BCUT2D eigenvalue weighted by Gasteiger charge is -2.11. The maximum absolute atomic E-state index is 12.9. The molecule has 0 fully saturated rings. The molecule has 0 aliphatic carbocycles. The van der Waals surface area contributed by atoms with E-state index in [2.05, 4.69) is 15.9 Å². The van der Waals surface area contributed by atoms with Crippen LogP contribution in [0, 0.1) is 5.82 Å². The number of nitrogens with two attached hydrogens (primary N) is 1. The highest BCUT2D eigenvalue weighted by atomic mass is 79.9. The molecule has 2 nitrogen and oxygen atoms in total. The molecule has 0 heterocycles.